The molecular weight excluding hydrogens is 314 g/mol. The molecule has 1 aliphatic rings. The van der Waals surface area contributed by atoms with Gasteiger partial charge in [-0.2, -0.15) is 0 Å². The summed E-state index contributed by atoms with van der Waals surface area (Å²) in [6, 6.07) is 6.47. The number of nitrogens with one attached hydrogen (secondary N) is 1. The van der Waals surface area contributed by atoms with E-state index in [2.05, 4.69) is 5.32 Å². The summed E-state index contributed by atoms with van der Waals surface area (Å²) in [4.78, 5) is 23.3. The summed E-state index contributed by atoms with van der Waals surface area (Å²) in [5, 5.41) is 12.4. The third kappa shape index (κ3) is 5.87. The molecule has 0 heterocycles. The van der Waals surface area contributed by atoms with Crippen LogP contribution in [0, 0.1) is 5.92 Å². The van der Waals surface area contributed by atoms with Crippen molar-refractivity contribution < 1.29 is 14.7 Å². The second-order valence-corrected chi connectivity index (χ2v) is 6.69. The van der Waals surface area contributed by atoms with Gasteiger partial charge < -0.3 is 10.4 Å². The molecule has 0 unspecified atom stereocenters. The second-order valence-electron chi connectivity index (χ2n) is 6.28. The first kappa shape index (κ1) is 17.8. The number of carbonyl (C=O) groups is 2. The average molecular weight is 338 g/mol. The van der Waals surface area contributed by atoms with Gasteiger partial charge in [-0.25, -0.2) is 0 Å². The Morgan fingerprint density at radius 3 is 2.57 bits per heavy atom. The quantitative estimate of drug-likeness (QED) is 0.778. The van der Waals surface area contributed by atoms with E-state index >= 15 is 0 Å². The highest BCUT2D eigenvalue weighted by Crippen LogP contribution is 2.28. The fourth-order valence-corrected chi connectivity index (χ4v) is 3.52. The molecule has 1 aliphatic carbocycles. The third-order valence-electron chi connectivity index (χ3n) is 4.50. The summed E-state index contributed by atoms with van der Waals surface area (Å²) in [6.45, 7) is 0. The molecule has 1 amide bonds. The van der Waals surface area contributed by atoms with Crippen LogP contribution in [0.3, 0.4) is 0 Å². The maximum Gasteiger partial charge on any atom is 0.305 e. The van der Waals surface area contributed by atoms with Crippen molar-refractivity contribution in [1.82, 2.24) is 5.32 Å². The van der Waals surface area contributed by atoms with Crippen LogP contribution in [0.1, 0.15) is 63.0 Å². The summed E-state index contributed by atoms with van der Waals surface area (Å²) in [7, 11) is 0. The molecule has 2 N–H and O–H groups in total. The lowest BCUT2D eigenvalue weighted by atomic mass is 9.86. The number of carbonyl (C=O) groups excluding carboxylic acids is 1. The normalized spacial score (nSPS) is 16.7. The van der Waals surface area contributed by atoms with Gasteiger partial charge in [0.1, 0.15) is 0 Å². The molecular formula is C18H24ClNO3. The van der Waals surface area contributed by atoms with Gasteiger partial charge in [-0.15, -0.1) is 0 Å². The molecule has 23 heavy (non-hydrogen) atoms. The monoisotopic (exact) mass is 337 g/mol. The highest BCUT2D eigenvalue weighted by molar-refractivity contribution is 6.31. The van der Waals surface area contributed by atoms with Crippen LogP contribution in [0.5, 0.6) is 0 Å². The first-order chi connectivity index (χ1) is 11.1. The molecule has 1 fully saturated rings. The van der Waals surface area contributed by atoms with Crippen LogP contribution in [0.2, 0.25) is 5.02 Å². The number of rotatable bonds is 7. The van der Waals surface area contributed by atoms with Crippen molar-refractivity contribution in [1.29, 1.82) is 0 Å². The maximum atomic E-state index is 12.2. The van der Waals surface area contributed by atoms with Crippen LogP contribution in [0.4, 0.5) is 0 Å². The Hall–Kier alpha value is -1.55. The molecule has 5 heteroatoms. The average Bonchev–Trinajstić information content (AvgIpc) is 2.53. The lowest BCUT2D eigenvalue weighted by Gasteiger charge is -2.22. The van der Waals surface area contributed by atoms with Gasteiger partial charge in [0, 0.05) is 11.4 Å². The number of hydrogen-bond donors (Lipinski definition) is 2. The molecule has 2 rings (SSSR count). The van der Waals surface area contributed by atoms with Crippen LogP contribution < -0.4 is 5.32 Å². The Balaban J connectivity index is 1.93. The lowest BCUT2D eigenvalue weighted by Crippen LogP contribution is -2.30. The van der Waals surface area contributed by atoms with Crippen molar-refractivity contribution in [3.8, 4) is 0 Å². The van der Waals surface area contributed by atoms with Crippen molar-refractivity contribution in [2.75, 3.05) is 0 Å². The van der Waals surface area contributed by atoms with Gasteiger partial charge in [0.2, 0.25) is 5.91 Å². The number of aliphatic carboxylic acids is 1. The molecule has 0 spiro atoms. The number of hydrogen-bond acceptors (Lipinski definition) is 2. The predicted octanol–water partition coefficient (Wildman–Crippen LogP) is 4.33. The first-order valence-electron chi connectivity index (χ1n) is 8.32. The Morgan fingerprint density at radius 2 is 1.91 bits per heavy atom. The van der Waals surface area contributed by atoms with E-state index in [1.54, 1.807) is 24.3 Å². The summed E-state index contributed by atoms with van der Waals surface area (Å²) < 4.78 is 0. The maximum absolute atomic E-state index is 12.2. The molecule has 0 aromatic heterocycles. The Labute approximate surface area is 142 Å². The van der Waals surface area contributed by atoms with Crippen LogP contribution in [0.25, 0.3) is 0 Å². The largest absolute Gasteiger partial charge is 0.481 e. The molecule has 0 radical (unpaired) electrons. The van der Waals surface area contributed by atoms with E-state index < -0.39 is 12.0 Å². The van der Waals surface area contributed by atoms with Gasteiger partial charge >= 0.3 is 5.97 Å². The van der Waals surface area contributed by atoms with Gasteiger partial charge in [0.25, 0.3) is 0 Å². The Bertz CT molecular complexity index is 541. The van der Waals surface area contributed by atoms with Crippen molar-refractivity contribution in [2.45, 2.75) is 57.4 Å². The number of carboxylic acids is 1. The fourth-order valence-electron chi connectivity index (χ4n) is 3.25. The van der Waals surface area contributed by atoms with E-state index in [0.29, 0.717) is 22.9 Å². The molecule has 4 nitrogen and oxygen atoms in total. The molecule has 1 saturated carbocycles. The van der Waals surface area contributed by atoms with Gasteiger partial charge in [-0.1, -0.05) is 61.9 Å². The van der Waals surface area contributed by atoms with Crippen molar-refractivity contribution in [2.24, 2.45) is 5.92 Å². The van der Waals surface area contributed by atoms with Crippen molar-refractivity contribution in [3.63, 3.8) is 0 Å². The Morgan fingerprint density at radius 1 is 1.22 bits per heavy atom. The Kier molecular flexibility index (Phi) is 6.90. The fraction of sp³-hybridized carbons (Fsp3) is 0.556. The lowest BCUT2D eigenvalue weighted by molar-refractivity contribution is -0.137. The summed E-state index contributed by atoms with van der Waals surface area (Å²) in [5.74, 6) is -0.419. The van der Waals surface area contributed by atoms with Gasteiger partial charge in [0.05, 0.1) is 12.5 Å². The van der Waals surface area contributed by atoms with E-state index in [1.165, 1.54) is 32.1 Å². The smallest absolute Gasteiger partial charge is 0.305 e. The molecule has 1 atom stereocenters. The van der Waals surface area contributed by atoms with Gasteiger partial charge in [-0.3, -0.25) is 9.59 Å². The molecule has 1 aromatic carbocycles. The zero-order chi connectivity index (χ0) is 16.7. The molecule has 0 aliphatic heterocycles. The SMILES string of the molecule is O=C(O)C[C@H](NC(=O)CCC1CCCCC1)c1ccccc1Cl. The minimum Gasteiger partial charge on any atom is -0.481 e. The molecule has 126 valence electrons. The summed E-state index contributed by atoms with van der Waals surface area (Å²) in [5.41, 5.74) is 0.655. The highest BCUT2D eigenvalue weighted by Gasteiger charge is 2.21. The second kappa shape index (κ2) is 8.92. The van der Waals surface area contributed by atoms with Crippen molar-refractivity contribution >= 4 is 23.5 Å². The van der Waals surface area contributed by atoms with E-state index in [1.807, 2.05) is 0 Å². The standard InChI is InChI=1S/C18H24ClNO3/c19-15-9-5-4-8-14(15)16(12-18(22)23)20-17(21)11-10-13-6-2-1-3-7-13/h4-5,8-9,13,16H,1-3,6-7,10-12H2,(H,20,21)(H,22,23)/t16-/m0/s1. The number of benzene rings is 1. The molecule has 0 bridgehead atoms. The van der Waals surface area contributed by atoms with Crippen LogP contribution in [-0.4, -0.2) is 17.0 Å². The van der Waals surface area contributed by atoms with Crippen LogP contribution in [-0.2, 0) is 9.59 Å². The summed E-state index contributed by atoms with van der Waals surface area (Å²) >= 11 is 6.14. The third-order valence-corrected chi connectivity index (χ3v) is 4.84. The van der Waals surface area contributed by atoms with Gasteiger partial charge in [-0.05, 0) is 24.0 Å². The number of amides is 1. The predicted molar refractivity (Wildman–Crippen MR) is 90.4 cm³/mol. The van der Waals surface area contributed by atoms with Crippen LogP contribution in [0.15, 0.2) is 24.3 Å². The minimum absolute atomic E-state index is 0.0956. The van der Waals surface area contributed by atoms with E-state index in [4.69, 9.17) is 16.7 Å². The minimum atomic E-state index is -0.956. The number of carboxylic acid groups (broad SMARTS) is 1. The zero-order valence-electron chi connectivity index (χ0n) is 13.3. The van der Waals surface area contributed by atoms with E-state index in [0.717, 1.165) is 6.42 Å². The van der Waals surface area contributed by atoms with E-state index in [-0.39, 0.29) is 12.3 Å². The zero-order valence-corrected chi connectivity index (χ0v) is 14.0. The molecule has 1 aromatic rings. The van der Waals surface area contributed by atoms with E-state index in [9.17, 15) is 9.59 Å². The number of halogens is 1. The molecule has 0 saturated heterocycles. The van der Waals surface area contributed by atoms with Crippen molar-refractivity contribution in [3.05, 3.63) is 34.9 Å². The first-order valence-corrected chi connectivity index (χ1v) is 8.69. The summed E-state index contributed by atoms with van der Waals surface area (Å²) in [6.07, 6.45) is 7.39. The topological polar surface area (TPSA) is 66.4 Å². The van der Waals surface area contributed by atoms with Crippen LogP contribution >= 0.6 is 11.6 Å². The highest BCUT2D eigenvalue weighted by atomic mass is 35.5. The van der Waals surface area contributed by atoms with Gasteiger partial charge in [0.15, 0.2) is 0 Å².